The van der Waals surface area contributed by atoms with Gasteiger partial charge in [-0.1, -0.05) is 36.4 Å². The zero-order valence-electron chi connectivity index (χ0n) is 20.2. The fourth-order valence-electron chi connectivity index (χ4n) is 6.31. The first-order chi connectivity index (χ1) is 17.0. The number of halogens is 1. The standard InChI is InChI=1S/C28H33FN4O2/c1-28(16-35-17-28)27(34)31-24(19-6-3-2-4-7-19)12-13-32-20-10-11-21(32)15-22(14-20)33-18-30-26-23(29)8-5-9-25(26)33/h2-9,18,20-22,24H,10-17H2,1H3,(H,31,34)/t20-,21+,22-,24-/m0/s1. The monoisotopic (exact) mass is 476 g/mol. The van der Waals surface area contributed by atoms with Crippen LogP contribution in [0.3, 0.4) is 0 Å². The summed E-state index contributed by atoms with van der Waals surface area (Å²) in [6, 6.07) is 16.9. The second-order valence-corrected chi connectivity index (χ2v) is 10.8. The number of hydrogen-bond donors (Lipinski definition) is 1. The van der Waals surface area contributed by atoms with Crippen molar-refractivity contribution in [3.8, 4) is 0 Å². The molecule has 35 heavy (non-hydrogen) atoms. The third-order valence-electron chi connectivity index (χ3n) is 8.38. The Kier molecular flexibility index (Phi) is 5.85. The Labute approximate surface area is 205 Å². The minimum atomic E-state index is -0.419. The quantitative estimate of drug-likeness (QED) is 0.540. The van der Waals surface area contributed by atoms with Crippen molar-refractivity contribution in [3.63, 3.8) is 0 Å². The van der Waals surface area contributed by atoms with E-state index >= 15 is 0 Å². The highest BCUT2D eigenvalue weighted by Gasteiger charge is 2.43. The van der Waals surface area contributed by atoms with E-state index in [1.807, 2.05) is 37.5 Å². The first kappa shape index (κ1) is 22.7. The summed E-state index contributed by atoms with van der Waals surface area (Å²) in [5.41, 5.74) is 2.09. The lowest BCUT2D eigenvalue weighted by Crippen LogP contribution is -2.53. The molecule has 6 nitrogen and oxygen atoms in total. The summed E-state index contributed by atoms with van der Waals surface area (Å²) in [6.45, 7) is 3.91. The fourth-order valence-corrected chi connectivity index (χ4v) is 6.31. The largest absolute Gasteiger partial charge is 0.379 e. The number of fused-ring (bicyclic) bond motifs is 3. The van der Waals surface area contributed by atoms with Gasteiger partial charge in [0.05, 0.1) is 36.5 Å². The SMILES string of the molecule is CC1(C(=O)N[C@@H](CCN2[C@@H]3CC[C@H]2C[C@H](n2cnc4c(F)cccc42)C3)c2ccccc2)COC1. The van der Waals surface area contributed by atoms with Crippen LogP contribution in [0.5, 0.6) is 0 Å². The maximum Gasteiger partial charge on any atom is 0.231 e. The summed E-state index contributed by atoms with van der Waals surface area (Å²) in [4.78, 5) is 20.0. The summed E-state index contributed by atoms with van der Waals surface area (Å²) >= 11 is 0. The number of benzene rings is 2. The molecule has 0 aliphatic carbocycles. The number of imidazole rings is 1. The highest BCUT2D eigenvalue weighted by atomic mass is 19.1. The topological polar surface area (TPSA) is 59.4 Å². The lowest BCUT2D eigenvalue weighted by molar-refractivity contribution is -0.158. The minimum Gasteiger partial charge on any atom is -0.379 e. The van der Waals surface area contributed by atoms with E-state index in [2.05, 4.69) is 31.9 Å². The van der Waals surface area contributed by atoms with E-state index in [1.54, 1.807) is 6.07 Å². The molecule has 0 saturated carbocycles. The molecule has 7 heteroatoms. The normalized spacial score (nSPS) is 26.4. The third kappa shape index (κ3) is 4.15. The van der Waals surface area contributed by atoms with Gasteiger partial charge in [-0.3, -0.25) is 9.69 Å². The summed E-state index contributed by atoms with van der Waals surface area (Å²) in [6.07, 6.45) is 7.19. The van der Waals surface area contributed by atoms with Gasteiger partial charge in [-0.05, 0) is 56.7 Å². The molecule has 3 aliphatic heterocycles. The van der Waals surface area contributed by atoms with Crippen molar-refractivity contribution in [2.24, 2.45) is 5.41 Å². The van der Waals surface area contributed by atoms with Crippen molar-refractivity contribution in [1.82, 2.24) is 19.8 Å². The van der Waals surface area contributed by atoms with Gasteiger partial charge in [0, 0.05) is 24.7 Å². The van der Waals surface area contributed by atoms with Gasteiger partial charge in [0.2, 0.25) is 5.91 Å². The molecule has 6 rings (SSSR count). The van der Waals surface area contributed by atoms with Crippen LogP contribution in [0.25, 0.3) is 11.0 Å². The Balaban J connectivity index is 1.15. The Bertz CT molecular complexity index is 1190. The van der Waals surface area contributed by atoms with Crippen molar-refractivity contribution in [3.05, 3.63) is 66.2 Å². The molecule has 0 spiro atoms. The molecule has 184 valence electrons. The second kappa shape index (κ2) is 9.03. The smallest absolute Gasteiger partial charge is 0.231 e. The predicted molar refractivity (Wildman–Crippen MR) is 132 cm³/mol. The minimum absolute atomic E-state index is 0.0150. The Morgan fingerprint density at radius 2 is 1.86 bits per heavy atom. The van der Waals surface area contributed by atoms with Gasteiger partial charge < -0.3 is 14.6 Å². The van der Waals surface area contributed by atoms with E-state index < -0.39 is 5.41 Å². The first-order valence-electron chi connectivity index (χ1n) is 12.8. The molecule has 3 aromatic rings. The maximum absolute atomic E-state index is 14.2. The lowest BCUT2D eigenvalue weighted by Gasteiger charge is -2.41. The molecular formula is C28H33FN4O2. The van der Waals surface area contributed by atoms with Crippen LogP contribution < -0.4 is 5.32 Å². The molecule has 3 fully saturated rings. The van der Waals surface area contributed by atoms with Crippen LogP contribution in [-0.4, -0.2) is 52.2 Å². The van der Waals surface area contributed by atoms with Gasteiger partial charge in [-0.15, -0.1) is 0 Å². The number of carbonyl (C=O) groups excluding carboxylic acids is 1. The number of nitrogens with one attached hydrogen (secondary N) is 1. The predicted octanol–water partition coefficient (Wildman–Crippen LogP) is 4.63. The van der Waals surface area contributed by atoms with E-state index in [4.69, 9.17) is 4.74 Å². The van der Waals surface area contributed by atoms with Gasteiger partial charge in [-0.25, -0.2) is 9.37 Å². The summed E-state index contributed by atoms with van der Waals surface area (Å²) < 4.78 is 21.7. The van der Waals surface area contributed by atoms with Crippen molar-refractivity contribution in [2.45, 2.75) is 63.2 Å². The molecular weight excluding hydrogens is 443 g/mol. The Morgan fingerprint density at radius 3 is 2.54 bits per heavy atom. The van der Waals surface area contributed by atoms with E-state index in [0.29, 0.717) is 36.9 Å². The van der Waals surface area contributed by atoms with Gasteiger partial charge in [-0.2, -0.15) is 0 Å². The number of carbonyl (C=O) groups is 1. The molecule has 3 aliphatic rings. The van der Waals surface area contributed by atoms with Crippen molar-refractivity contribution >= 4 is 16.9 Å². The molecule has 1 aromatic heterocycles. The van der Waals surface area contributed by atoms with E-state index in [9.17, 15) is 9.18 Å². The molecule has 3 saturated heterocycles. The van der Waals surface area contributed by atoms with Gasteiger partial charge in [0.25, 0.3) is 0 Å². The highest BCUT2D eigenvalue weighted by molar-refractivity contribution is 5.83. The van der Waals surface area contributed by atoms with Gasteiger partial charge >= 0.3 is 0 Å². The fraction of sp³-hybridized carbons (Fsp3) is 0.500. The second-order valence-electron chi connectivity index (χ2n) is 10.8. The van der Waals surface area contributed by atoms with Gasteiger partial charge in [0.15, 0.2) is 5.82 Å². The van der Waals surface area contributed by atoms with Gasteiger partial charge in [0.1, 0.15) is 5.52 Å². The number of rotatable bonds is 7. The third-order valence-corrected chi connectivity index (χ3v) is 8.38. The Morgan fingerprint density at radius 1 is 1.11 bits per heavy atom. The van der Waals surface area contributed by atoms with Crippen molar-refractivity contribution in [2.75, 3.05) is 19.8 Å². The van der Waals surface area contributed by atoms with Crippen molar-refractivity contribution < 1.29 is 13.9 Å². The van der Waals surface area contributed by atoms with E-state index in [-0.39, 0.29) is 17.8 Å². The van der Waals surface area contributed by atoms with E-state index in [0.717, 1.165) is 36.9 Å². The molecule has 1 N–H and O–H groups in total. The molecule has 0 unspecified atom stereocenters. The summed E-state index contributed by atoms with van der Waals surface area (Å²) in [5, 5.41) is 3.33. The van der Waals surface area contributed by atoms with Crippen LogP contribution in [0.1, 0.15) is 56.7 Å². The number of nitrogens with zero attached hydrogens (tertiary/aromatic N) is 3. The summed E-state index contributed by atoms with van der Waals surface area (Å²) in [5.74, 6) is -0.170. The van der Waals surface area contributed by atoms with Crippen LogP contribution in [0.15, 0.2) is 54.9 Å². The average molecular weight is 477 g/mol. The maximum atomic E-state index is 14.2. The van der Waals surface area contributed by atoms with Crippen LogP contribution >= 0.6 is 0 Å². The molecule has 4 heterocycles. The lowest BCUT2D eigenvalue weighted by atomic mass is 9.87. The number of piperidine rings is 1. The number of para-hydroxylation sites is 1. The van der Waals surface area contributed by atoms with Crippen LogP contribution in [0.2, 0.25) is 0 Å². The number of hydrogen-bond acceptors (Lipinski definition) is 4. The molecule has 1 amide bonds. The number of amides is 1. The zero-order chi connectivity index (χ0) is 24.0. The number of ether oxygens (including phenoxy) is 1. The first-order valence-corrected chi connectivity index (χ1v) is 12.8. The Hall–Kier alpha value is -2.77. The average Bonchev–Trinajstić information content (AvgIpc) is 3.39. The molecule has 4 atom stereocenters. The number of aromatic nitrogens is 2. The zero-order valence-corrected chi connectivity index (χ0v) is 20.2. The summed E-state index contributed by atoms with van der Waals surface area (Å²) in [7, 11) is 0. The van der Waals surface area contributed by atoms with E-state index in [1.165, 1.54) is 18.9 Å². The van der Waals surface area contributed by atoms with Crippen molar-refractivity contribution in [1.29, 1.82) is 0 Å². The van der Waals surface area contributed by atoms with Crippen LogP contribution in [0, 0.1) is 11.2 Å². The van der Waals surface area contributed by atoms with Crippen LogP contribution in [0.4, 0.5) is 4.39 Å². The molecule has 0 radical (unpaired) electrons. The molecule has 2 aromatic carbocycles. The highest BCUT2D eigenvalue weighted by Crippen LogP contribution is 2.42. The molecule has 2 bridgehead atoms. The van der Waals surface area contributed by atoms with Crippen LogP contribution in [-0.2, 0) is 9.53 Å².